The van der Waals surface area contributed by atoms with E-state index in [2.05, 4.69) is 10.4 Å². The fraction of sp³-hybridized carbons (Fsp3) is 0.312. The van der Waals surface area contributed by atoms with Crippen LogP contribution in [0.3, 0.4) is 0 Å². The van der Waals surface area contributed by atoms with Crippen molar-refractivity contribution in [3.8, 4) is 11.3 Å². The van der Waals surface area contributed by atoms with Crippen molar-refractivity contribution >= 4 is 29.1 Å². The summed E-state index contributed by atoms with van der Waals surface area (Å²) in [6.45, 7) is 0.168. The Bertz CT molecular complexity index is 749. The molecule has 23 heavy (non-hydrogen) atoms. The van der Waals surface area contributed by atoms with Crippen molar-refractivity contribution in [1.82, 2.24) is 9.78 Å². The highest BCUT2D eigenvalue weighted by molar-refractivity contribution is 6.30. The number of amides is 1. The fourth-order valence-electron chi connectivity index (χ4n) is 2.47. The molecule has 1 saturated carbocycles. The first-order valence-corrected chi connectivity index (χ1v) is 7.72. The fourth-order valence-corrected chi connectivity index (χ4v) is 2.67. The lowest BCUT2D eigenvalue weighted by atomic mass is 9.83. The SMILES string of the molecule is O=C1CC(C(=O)Nc2cc(-c3cccc(Cl)c3)nn2CCO)C1. The van der Waals surface area contributed by atoms with Crippen molar-refractivity contribution in [2.45, 2.75) is 19.4 Å². The third kappa shape index (κ3) is 3.43. The number of halogens is 1. The van der Waals surface area contributed by atoms with Gasteiger partial charge in [-0.05, 0) is 12.1 Å². The minimum absolute atomic E-state index is 0.0958. The van der Waals surface area contributed by atoms with Crippen LogP contribution in [0.5, 0.6) is 0 Å². The maximum absolute atomic E-state index is 12.1. The number of hydrogen-bond donors (Lipinski definition) is 2. The van der Waals surface area contributed by atoms with Crippen LogP contribution in [0.15, 0.2) is 30.3 Å². The van der Waals surface area contributed by atoms with Gasteiger partial charge in [0.05, 0.1) is 24.8 Å². The normalized spacial score (nSPS) is 14.6. The molecule has 1 aliphatic rings. The molecule has 0 radical (unpaired) electrons. The summed E-state index contributed by atoms with van der Waals surface area (Å²) in [5, 5.41) is 16.9. The van der Waals surface area contributed by atoms with Gasteiger partial charge in [0.1, 0.15) is 11.6 Å². The average molecular weight is 334 g/mol. The van der Waals surface area contributed by atoms with Gasteiger partial charge in [-0.15, -0.1) is 0 Å². The number of hydrogen-bond acceptors (Lipinski definition) is 4. The van der Waals surface area contributed by atoms with Gasteiger partial charge in [-0.3, -0.25) is 9.59 Å². The molecule has 120 valence electrons. The monoisotopic (exact) mass is 333 g/mol. The molecule has 1 aromatic carbocycles. The molecule has 0 bridgehead atoms. The van der Waals surface area contributed by atoms with Crippen LogP contribution >= 0.6 is 11.6 Å². The number of Topliss-reactive ketones (excluding diaryl/α,β-unsaturated/α-hetero) is 1. The van der Waals surface area contributed by atoms with Crippen LogP contribution in [0.4, 0.5) is 5.82 Å². The summed E-state index contributed by atoms with van der Waals surface area (Å²) in [6.07, 6.45) is 0.586. The number of ketones is 1. The van der Waals surface area contributed by atoms with Gasteiger partial charge in [0, 0.05) is 29.5 Å². The van der Waals surface area contributed by atoms with Crippen molar-refractivity contribution in [3.05, 3.63) is 35.4 Å². The van der Waals surface area contributed by atoms with Crippen LogP contribution in [0.1, 0.15) is 12.8 Å². The quantitative estimate of drug-likeness (QED) is 0.877. The van der Waals surface area contributed by atoms with Crippen molar-refractivity contribution in [3.63, 3.8) is 0 Å². The molecule has 1 amide bonds. The van der Waals surface area contributed by atoms with E-state index in [4.69, 9.17) is 16.7 Å². The number of aromatic nitrogens is 2. The first-order chi connectivity index (χ1) is 11.1. The Morgan fingerprint density at radius 1 is 1.39 bits per heavy atom. The number of anilines is 1. The van der Waals surface area contributed by atoms with Crippen LogP contribution in [-0.2, 0) is 16.1 Å². The van der Waals surface area contributed by atoms with E-state index in [1.54, 1.807) is 18.2 Å². The molecule has 7 heteroatoms. The second-order valence-corrected chi connectivity index (χ2v) is 5.94. The van der Waals surface area contributed by atoms with E-state index in [9.17, 15) is 9.59 Å². The number of nitrogens with one attached hydrogen (secondary N) is 1. The highest BCUT2D eigenvalue weighted by Gasteiger charge is 2.33. The Morgan fingerprint density at radius 3 is 2.83 bits per heavy atom. The number of aliphatic hydroxyl groups excluding tert-OH is 1. The van der Waals surface area contributed by atoms with Gasteiger partial charge in [0.15, 0.2) is 0 Å². The summed E-state index contributed by atoms with van der Waals surface area (Å²) < 4.78 is 1.54. The zero-order valence-electron chi connectivity index (χ0n) is 12.3. The molecule has 3 rings (SSSR count). The lowest BCUT2D eigenvalue weighted by molar-refractivity contribution is -0.135. The summed E-state index contributed by atoms with van der Waals surface area (Å²) >= 11 is 5.99. The molecule has 0 atom stereocenters. The van der Waals surface area contributed by atoms with Crippen molar-refractivity contribution < 1.29 is 14.7 Å². The predicted octanol–water partition coefficient (Wildman–Crippen LogP) is 2.11. The summed E-state index contributed by atoms with van der Waals surface area (Å²) in [6, 6.07) is 8.98. The molecular formula is C16H16ClN3O3. The van der Waals surface area contributed by atoms with Gasteiger partial charge in [-0.25, -0.2) is 4.68 Å². The van der Waals surface area contributed by atoms with Gasteiger partial charge >= 0.3 is 0 Å². The topological polar surface area (TPSA) is 84.2 Å². The Balaban J connectivity index is 1.83. The average Bonchev–Trinajstić information content (AvgIpc) is 2.87. The summed E-state index contributed by atoms with van der Waals surface area (Å²) in [7, 11) is 0. The van der Waals surface area contributed by atoms with Gasteiger partial charge in [-0.2, -0.15) is 5.10 Å². The first kappa shape index (κ1) is 15.7. The molecule has 6 nitrogen and oxygen atoms in total. The second-order valence-electron chi connectivity index (χ2n) is 5.51. The Kier molecular flexibility index (Phi) is 4.45. The third-order valence-corrected chi connectivity index (χ3v) is 4.02. The summed E-state index contributed by atoms with van der Waals surface area (Å²) in [5.41, 5.74) is 1.48. The third-order valence-electron chi connectivity index (χ3n) is 3.78. The molecule has 0 unspecified atom stereocenters. The Morgan fingerprint density at radius 2 is 2.17 bits per heavy atom. The van der Waals surface area contributed by atoms with E-state index in [-0.39, 0.29) is 30.8 Å². The van der Waals surface area contributed by atoms with E-state index in [0.717, 1.165) is 5.56 Å². The Hall–Kier alpha value is -2.18. The number of aliphatic hydroxyl groups is 1. The van der Waals surface area contributed by atoms with E-state index >= 15 is 0 Å². The summed E-state index contributed by atoms with van der Waals surface area (Å²) in [5.74, 6) is 0.142. The number of rotatable bonds is 5. The molecule has 2 N–H and O–H groups in total. The number of carbonyl (C=O) groups excluding carboxylic acids is 2. The van der Waals surface area contributed by atoms with Gasteiger partial charge in [0.2, 0.25) is 5.91 Å². The Labute approximate surface area is 138 Å². The van der Waals surface area contributed by atoms with Gasteiger partial charge < -0.3 is 10.4 Å². The molecule has 1 heterocycles. The van der Waals surface area contributed by atoms with E-state index in [1.807, 2.05) is 12.1 Å². The molecule has 0 spiro atoms. The van der Waals surface area contributed by atoms with E-state index in [1.165, 1.54) is 4.68 Å². The molecular weight excluding hydrogens is 318 g/mol. The van der Waals surface area contributed by atoms with Crippen LogP contribution in [0.2, 0.25) is 5.02 Å². The standard InChI is InChI=1S/C16H16ClN3O3/c17-12-3-1-2-10(6-12)14-9-15(20(19-14)4-5-21)18-16(23)11-7-13(22)8-11/h1-3,6,9,11,21H,4-5,7-8H2,(H,18,23). The molecule has 0 saturated heterocycles. The van der Waals surface area contributed by atoms with Crippen LogP contribution in [-0.4, -0.2) is 33.2 Å². The highest BCUT2D eigenvalue weighted by atomic mass is 35.5. The van der Waals surface area contributed by atoms with Crippen LogP contribution in [0, 0.1) is 5.92 Å². The largest absolute Gasteiger partial charge is 0.394 e. The summed E-state index contributed by atoms with van der Waals surface area (Å²) in [4.78, 5) is 23.1. The van der Waals surface area contributed by atoms with Gasteiger partial charge in [0.25, 0.3) is 0 Å². The smallest absolute Gasteiger partial charge is 0.229 e. The zero-order valence-corrected chi connectivity index (χ0v) is 13.1. The lowest BCUT2D eigenvalue weighted by Crippen LogP contribution is -2.35. The maximum Gasteiger partial charge on any atom is 0.229 e. The van der Waals surface area contributed by atoms with Crippen LogP contribution in [0.25, 0.3) is 11.3 Å². The predicted molar refractivity (Wildman–Crippen MR) is 86.1 cm³/mol. The number of carbonyl (C=O) groups is 2. The number of benzene rings is 1. The first-order valence-electron chi connectivity index (χ1n) is 7.34. The molecule has 2 aromatic rings. The van der Waals surface area contributed by atoms with Crippen molar-refractivity contribution in [1.29, 1.82) is 0 Å². The van der Waals surface area contributed by atoms with Crippen LogP contribution < -0.4 is 5.32 Å². The van der Waals surface area contributed by atoms with E-state index in [0.29, 0.717) is 29.4 Å². The van der Waals surface area contributed by atoms with Crippen molar-refractivity contribution in [2.24, 2.45) is 5.92 Å². The number of nitrogens with zero attached hydrogens (tertiary/aromatic N) is 2. The molecule has 1 aliphatic carbocycles. The lowest BCUT2D eigenvalue weighted by Gasteiger charge is -2.22. The molecule has 1 aromatic heterocycles. The minimum Gasteiger partial charge on any atom is -0.394 e. The maximum atomic E-state index is 12.1. The highest BCUT2D eigenvalue weighted by Crippen LogP contribution is 2.27. The molecule has 0 aliphatic heterocycles. The van der Waals surface area contributed by atoms with E-state index < -0.39 is 0 Å². The molecule has 1 fully saturated rings. The van der Waals surface area contributed by atoms with Gasteiger partial charge in [-0.1, -0.05) is 23.7 Å². The minimum atomic E-state index is -0.269. The van der Waals surface area contributed by atoms with Crippen molar-refractivity contribution in [2.75, 3.05) is 11.9 Å². The zero-order chi connectivity index (χ0) is 16.4. The second kappa shape index (κ2) is 6.52.